The lowest BCUT2D eigenvalue weighted by Gasteiger charge is -2.20. The first-order valence-electron chi connectivity index (χ1n) is 7.06. The number of benzene rings is 1. The van der Waals surface area contributed by atoms with Crippen molar-refractivity contribution in [1.82, 2.24) is 10.3 Å². The average molecular weight is 387 g/mol. The second kappa shape index (κ2) is 7.09. The van der Waals surface area contributed by atoms with Crippen LogP contribution >= 0.6 is 34.5 Å². The van der Waals surface area contributed by atoms with E-state index >= 15 is 0 Å². The summed E-state index contributed by atoms with van der Waals surface area (Å²) in [7, 11) is 0. The Balaban J connectivity index is 2.20. The molecule has 0 radical (unpaired) electrons. The summed E-state index contributed by atoms with van der Waals surface area (Å²) in [5.41, 5.74) is 0.00922. The lowest BCUT2D eigenvalue weighted by atomic mass is 10.1. The Labute approximate surface area is 153 Å². The Hall–Kier alpha value is -1.63. The highest BCUT2D eigenvalue weighted by Gasteiger charge is 2.29. The van der Waals surface area contributed by atoms with Crippen LogP contribution in [-0.2, 0) is 16.0 Å². The molecule has 1 aromatic carbocycles. The van der Waals surface area contributed by atoms with E-state index in [4.69, 9.17) is 28.3 Å². The molecule has 0 aliphatic heterocycles. The van der Waals surface area contributed by atoms with Gasteiger partial charge in [-0.05, 0) is 39.0 Å². The molecule has 0 bridgehead atoms. The number of amides is 1. The Morgan fingerprint density at radius 3 is 2.58 bits per heavy atom. The fourth-order valence-corrected chi connectivity index (χ4v) is 3.49. The molecule has 0 unspecified atom stereocenters. The zero-order valence-electron chi connectivity index (χ0n) is 13.3. The maximum atomic E-state index is 12.1. The predicted molar refractivity (Wildman–Crippen MR) is 95.9 cm³/mol. The number of carboxylic acids is 1. The fraction of sp³-hybridized carbons (Fsp3) is 0.312. The maximum absolute atomic E-state index is 12.1. The lowest BCUT2D eigenvalue weighted by molar-refractivity contribution is -0.145. The van der Waals surface area contributed by atoms with Gasteiger partial charge in [-0.25, -0.2) is 9.78 Å². The molecular weight excluding hydrogens is 371 g/mol. The number of aryl methyl sites for hydroxylation is 1. The highest BCUT2D eigenvalue weighted by Crippen LogP contribution is 2.34. The average Bonchev–Trinajstić information content (AvgIpc) is 2.78. The number of rotatable bonds is 5. The van der Waals surface area contributed by atoms with Crippen molar-refractivity contribution >= 4 is 46.4 Å². The van der Waals surface area contributed by atoms with Crippen LogP contribution in [0.5, 0.6) is 0 Å². The van der Waals surface area contributed by atoms with Crippen LogP contribution in [-0.4, -0.2) is 27.5 Å². The third-order valence-corrected chi connectivity index (χ3v) is 4.96. The topological polar surface area (TPSA) is 79.3 Å². The monoisotopic (exact) mass is 386 g/mol. The number of halogens is 2. The zero-order valence-corrected chi connectivity index (χ0v) is 15.6. The minimum atomic E-state index is -1.33. The first kappa shape index (κ1) is 18.7. The van der Waals surface area contributed by atoms with Crippen LogP contribution < -0.4 is 5.32 Å². The van der Waals surface area contributed by atoms with Gasteiger partial charge in [-0.15, -0.1) is 11.3 Å². The van der Waals surface area contributed by atoms with Crippen LogP contribution in [0.2, 0.25) is 10.0 Å². The molecule has 2 rings (SSSR count). The molecule has 0 fully saturated rings. The molecule has 1 amide bonds. The molecule has 0 aliphatic rings. The summed E-state index contributed by atoms with van der Waals surface area (Å²) in [5, 5.41) is 13.3. The van der Waals surface area contributed by atoms with E-state index in [9.17, 15) is 9.59 Å². The zero-order chi connectivity index (χ0) is 18.1. The summed E-state index contributed by atoms with van der Waals surface area (Å²) in [6.45, 7) is 4.72. The molecule has 0 atom stereocenters. The molecule has 5 nitrogen and oxygen atoms in total. The molecule has 1 heterocycles. The van der Waals surface area contributed by atoms with E-state index in [0.717, 1.165) is 10.4 Å². The van der Waals surface area contributed by atoms with Gasteiger partial charge in [0.1, 0.15) is 10.5 Å². The second-order valence-electron chi connectivity index (χ2n) is 5.80. The number of carbonyl (C=O) groups excluding carboxylic acids is 1. The second-order valence-corrected chi connectivity index (χ2v) is 7.85. The van der Waals surface area contributed by atoms with Crippen molar-refractivity contribution in [2.75, 3.05) is 0 Å². The third kappa shape index (κ3) is 4.26. The minimum absolute atomic E-state index is 0.00422. The van der Waals surface area contributed by atoms with Crippen LogP contribution in [0.3, 0.4) is 0 Å². The summed E-state index contributed by atoms with van der Waals surface area (Å²) < 4.78 is 0. The Morgan fingerprint density at radius 2 is 2.00 bits per heavy atom. The lowest BCUT2D eigenvalue weighted by Crippen LogP contribution is -2.50. The summed E-state index contributed by atoms with van der Waals surface area (Å²) in [6.07, 6.45) is 0.00422. The van der Waals surface area contributed by atoms with Gasteiger partial charge in [0.25, 0.3) is 0 Å². The van der Waals surface area contributed by atoms with Gasteiger partial charge in [-0.2, -0.15) is 0 Å². The third-order valence-electron chi connectivity index (χ3n) is 3.37. The fourth-order valence-electron chi connectivity index (χ4n) is 1.97. The van der Waals surface area contributed by atoms with Gasteiger partial charge in [-0.1, -0.05) is 23.2 Å². The van der Waals surface area contributed by atoms with Crippen molar-refractivity contribution in [2.45, 2.75) is 32.7 Å². The van der Waals surface area contributed by atoms with Crippen molar-refractivity contribution in [2.24, 2.45) is 0 Å². The van der Waals surface area contributed by atoms with Crippen LogP contribution in [0.15, 0.2) is 18.2 Å². The molecule has 1 aromatic heterocycles. The SMILES string of the molecule is Cc1sc(-c2ccc(Cl)cc2Cl)nc1CC(=O)NC(C)(C)C(=O)O. The van der Waals surface area contributed by atoms with Gasteiger partial charge in [0, 0.05) is 15.5 Å². The van der Waals surface area contributed by atoms with Gasteiger partial charge in [0.2, 0.25) is 5.91 Å². The quantitative estimate of drug-likeness (QED) is 0.814. The standard InChI is InChI=1S/C16H16Cl2N2O3S/c1-8-12(7-13(21)20-16(2,3)15(22)23)19-14(24-8)10-5-4-9(17)6-11(10)18/h4-6H,7H2,1-3H3,(H,20,21)(H,22,23). The predicted octanol–water partition coefficient (Wildman–Crippen LogP) is 3.95. The van der Waals surface area contributed by atoms with Crippen molar-refractivity contribution in [3.05, 3.63) is 38.8 Å². The van der Waals surface area contributed by atoms with E-state index in [0.29, 0.717) is 20.7 Å². The number of nitrogens with one attached hydrogen (secondary N) is 1. The largest absolute Gasteiger partial charge is 0.480 e. The van der Waals surface area contributed by atoms with Crippen LogP contribution in [0, 0.1) is 6.92 Å². The molecular formula is C16H16Cl2N2O3S. The molecule has 8 heteroatoms. The molecule has 0 spiro atoms. The Kier molecular flexibility index (Phi) is 5.52. The Bertz CT molecular complexity index is 803. The van der Waals surface area contributed by atoms with Gasteiger partial charge < -0.3 is 10.4 Å². The van der Waals surface area contributed by atoms with Gasteiger partial charge in [-0.3, -0.25) is 4.79 Å². The molecule has 0 aliphatic carbocycles. The van der Waals surface area contributed by atoms with Gasteiger partial charge in [0.05, 0.1) is 17.1 Å². The van der Waals surface area contributed by atoms with Crippen LogP contribution in [0.1, 0.15) is 24.4 Å². The molecule has 0 saturated heterocycles. The number of carbonyl (C=O) groups is 2. The van der Waals surface area contributed by atoms with E-state index in [1.54, 1.807) is 18.2 Å². The number of hydrogen-bond donors (Lipinski definition) is 2. The van der Waals surface area contributed by atoms with Crippen molar-refractivity contribution in [1.29, 1.82) is 0 Å². The summed E-state index contributed by atoms with van der Waals surface area (Å²) in [4.78, 5) is 28.5. The molecule has 24 heavy (non-hydrogen) atoms. The minimum Gasteiger partial charge on any atom is -0.480 e. The number of nitrogens with zero attached hydrogens (tertiary/aromatic N) is 1. The number of thiazole rings is 1. The van der Waals surface area contributed by atoms with E-state index in [-0.39, 0.29) is 6.42 Å². The summed E-state index contributed by atoms with van der Waals surface area (Å²) >= 11 is 13.5. The van der Waals surface area contributed by atoms with Crippen molar-refractivity contribution in [3.63, 3.8) is 0 Å². The van der Waals surface area contributed by atoms with Crippen molar-refractivity contribution < 1.29 is 14.7 Å². The van der Waals surface area contributed by atoms with E-state index < -0.39 is 17.4 Å². The van der Waals surface area contributed by atoms with E-state index in [2.05, 4.69) is 10.3 Å². The number of carboxylic acid groups (broad SMARTS) is 1. The van der Waals surface area contributed by atoms with Gasteiger partial charge in [0.15, 0.2) is 0 Å². The van der Waals surface area contributed by atoms with Crippen molar-refractivity contribution in [3.8, 4) is 10.6 Å². The van der Waals surface area contributed by atoms with E-state index in [1.807, 2.05) is 6.92 Å². The molecule has 2 aromatic rings. The highest BCUT2D eigenvalue weighted by atomic mass is 35.5. The molecule has 128 valence electrons. The van der Waals surface area contributed by atoms with Gasteiger partial charge >= 0.3 is 5.97 Å². The van der Waals surface area contributed by atoms with E-state index in [1.165, 1.54) is 25.2 Å². The highest BCUT2D eigenvalue weighted by molar-refractivity contribution is 7.15. The summed E-state index contributed by atoms with van der Waals surface area (Å²) in [5.74, 6) is -1.50. The first-order chi connectivity index (χ1) is 11.1. The number of aliphatic carboxylic acids is 1. The summed E-state index contributed by atoms with van der Waals surface area (Å²) in [6, 6.07) is 5.14. The maximum Gasteiger partial charge on any atom is 0.328 e. The smallest absolute Gasteiger partial charge is 0.328 e. The molecule has 2 N–H and O–H groups in total. The number of hydrogen-bond acceptors (Lipinski definition) is 4. The van der Waals surface area contributed by atoms with Crippen LogP contribution in [0.25, 0.3) is 10.6 Å². The Morgan fingerprint density at radius 1 is 1.33 bits per heavy atom. The molecule has 0 saturated carbocycles. The number of aromatic nitrogens is 1. The van der Waals surface area contributed by atoms with Crippen LogP contribution in [0.4, 0.5) is 0 Å². The normalized spacial score (nSPS) is 11.4. The first-order valence-corrected chi connectivity index (χ1v) is 8.63.